The summed E-state index contributed by atoms with van der Waals surface area (Å²) in [6.07, 6.45) is 2.18. The van der Waals surface area contributed by atoms with E-state index in [1.807, 2.05) is 0 Å². The highest BCUT2D eigenvalue weighted by Crippen LogP contribution is 2.32. The van der Waals surface area contributed by atoms with E-state index in [1.54, 1.807) is 18.2 Å². The summed E-state index contributed by atoms with van der Waals surface area (Å²) in [6.45, 7) is 1.66. The highest BCUT2D eigenvalue weighted by Gasteiger charge is 2.44. The van der Waals surface area contributed by atoms with Crippen molar-refractivity contribution in [2.24, 2.45) is 5.92 Å². The first-order valence-electron chi connectivity index (χ1n) is 9.21. The fourth-order valence-electron chi connectivity index (χ4n) is 4.10. The van der Waals surface area contributed by atoms with Crippen LogP contribution in [0.25, 0.3) is 0 Å². The fourth-order valence-corrected chi connectivity index (χ4v) is 4.10. The second kappa shape index (κ2) is 6.77. The third-order valence-corrected chi connectivity index (χ3v) is 5.57. The van der Waals surface area contributed by atoms with Crippen molar-refractivity contribution >= 4 is 29.3 Å². The van der Waals surface area contributed by atoms with Crippen molar-refractivity contribution in [2.45, 2.75) is 31.7 Å². The molecule has 2 atom stereocenters. The molecule has 3 aliphatic heterocycles. The predicted molar refractivity (Wildman–Crippen MR) is 95.1 cm³/mol. The molecule has 0 aromatic heterocycles. The Bertz CT molecular complexity index is 837. The van der Waals surface area contributed by atoms with Crippen LogP contribution >= 0.6 is 0 Å². The lowest BCUT2D eigenvalue weighted by molar-refractivity contribution is -0.136. The molecule has 3 aliphatic rings. The molecule has 8 heteroatoms. The third kappa shape index (κ3) is 2.99. The first-order chi connectivity index (χ1) is 13.0. The molecule has 1 aromatic carbocycles. The van der Waals surface area contributed by atoms with Crippen LogP contribution in [0, 0.1) is 5.92 Å². The maximum atomic E-state index is 12.9. The van der Waals surface area contributed by atoms with Gasteiger partial charge in [-0.2, -0.15) is 0 Å². The normalized spacial score (nSPS) is 25.7. The highest BCUT2D eigenvalue weighted by molar-refractivity contribution is 6.23. The van der Waals surface area contributed by atoms with Crippen molar-refractivity contribution in [3.8, 4) is 0 Å². The number of aliphatic hydroxyl groups is 1. The van der Waals surface area contributed by atoms with Crippen molar-refractivity contribution in [3.63, 3.8) is 0 Å². The Hall–Kier alpha value is -2.74. The molecule has 4 rings (SSSR count). The van der Waals surface area contributed by atoms with Gasteiger partial charge in [0.05, 0.1) is 11.1 Å². The summed E-state index contributed by atoms with van der Waals surface area (Å²) < 4.78 is 0. The van der Waals surface area contributed by atoms with Gasteiger partial charge in [-0.05, 0) is 43.4 Å². The number of carbonyl (C=O) groups excluding carboxylic acids is 4. The van der Waals surface area contributed by atoms with Gasteiger partial charge in [0, 0.05) is 31.8 Å². The summed E-state index contributed by atoms with van der Waals surface area (Å²) >= 11 is 0. The van der Waals surface area contributed by atoms with Crippen LogP contribution in [-0.4, -0.2) is 59.4 Å². The number of amides is 4. The van der Waals surface area contributed by atoms with Crippen molar-refractivity contribution in [3.05, 3.63) is 29.3 Å². The molecule has 0 aliphatic carbocycles. The van der Waals surface area contributed by atoms with E-state index < -0.39 is 29.7 Å². The zero-order valence-electron chi connectivity index (χ0n) is 14.8. The van der Waals surface area contributed by atoms with Crippen LogP contribution in [-0.2, 0) is 9.59 Å². The quantitative estimate of drug-likeness (QED) is 0.740. The molecule has 0 spiro atoms. The summed E-state index contributed by atoms with van der Waals surface area (Å²) in [4.78, 5) is 52.1. The summed E-state index contributed by atoms with van der Waals surface area (Å²) in [5.41, 5.74) is 1.40. The number of nitrogens with zero attached hydrogens (tertiary/aromatic N) is 2. The number of aliphatic hydroxyl groups excluding tert-OH is 1. The number of rotatable bonds is 3. The average Bonchev–Trinajstić information content (AvgIpc) is 2.92. The molecule has 2 N–H and O–H groups in total. The van der Waals surface area contributed by atoms with Gasteiger partial charge in [-0.3, -0.25) is 29.4 Å². The van der Waals surface area contributed by atoms with Crippen LogP contribution in [0.5, 0.6) is 0 Å². The number of anilines is 1. The summed E-state index contributed by atoms with van der Waals surface area (Å²) in [6, 6.07) is 4.17. The van der Waals surface area contributed by atoms with E-state index >= 15 is 0 Å². The number of nitrogens with one attached hydrogen (secondary N) is 1. The Labute approximate surface area is 156 Å². The van der Waals surface area contributed by atoms with Gasteiger partial charge < -0.3 is 10.0 Å². The molecule has 1 aromatic rings. The number of carbonyl (C=O) groups is 4. The molecule has 0 radical (unpaired) electrons. The zero-order valence-corrected chi connectivity index (χ0v) is 14.8. The Morgan fingerprint density at radius 3 is 2.59 bits per heavy atom. The van der Waals surface area contributed by atoms with Gasteiger partial charge in [-0.25, -0.2) is 0 Å². The summed E-state index contributed by atoms with van der Waals surface area (Å²) in [5, 5.41) is 11.6. The summed E-state index contributed by atoms with van der Waals surface area (Å²) in [7, 11) is 0. The van der Waals surface area contributed by atoms with Crippen LogP contribution in [0.15, 0.2) is 18.2 Å². The largest absolute Gasteiger partial charge is 0.396 e. The number of hydrogen-bond acceptors (Lipinski definition) is 6. The van der Waals surface area contributed by atoms with Crippen LogP contribution in [0.1, 0.15) is 46.4 Å². The Balaban J connectivity index is 1.60. The topological polar surface area (TPSA) is 107 Å². The molecule has 3 heterocycles. The van der Waals surface area contributed by atoms with E-state index in [2.05, 4.69) is 10.2 Å². The number of imide groups is 2. The Kier molecular flexibility index (Phi) is 4.43. The first-order valence-corrected chi connectivity index (χ1v) is 9.21. The number of benzene rings is 1. The molecule has 27 heavy (non-hydrogen) atoms. The first kappa shape index (κ1) is 17.7. The lowest BCUT2D eigenvalue weighted by Crippen LogP contribution is -2.54. The van der Waals surface area contributed by atoms with E-state index in [0.29, 0.717) is 6.54 Å². The molecule has 142 valence electrons. The third-order valence-electron chi connectivity index (χ3n) is 5.57. The molecule has 0 saturated carbocycles. The van der Waals surface area contributed by atoms with Crippen LogP contribution in [0.4, 0.5) is 5.69 Å². The number of hydrogen-bond donors (Lipinski definition) is 2. The van der Waals surface area contributed by atoms with Crippen molar-refractivity contribution in [2.75, 3.05) is 24.6 Å². The average molecular weight is 371 g/mol. The summed E-state index contributed by atoms with van der Waals surface area (Å²) in [5.74, 6) is -1.80. The maximum absolute atomic E-state index is 12.9. The van der Waals surface area contributed by atoms with E-state index in [9.17, 15) is 24.3 Å². The van der Waals surface area contributed by atoms with Gasteiger partial charge >= 0.3 is 0 Å². The standard InChI is InChI=1S/C19H21N3O5/c23-10-11-2-1-7-21(9-11)12-3-4-13-14(8-12)19(27)22(18(13)26)15-5-6-16(24)20-17(15)25/h3-4,8,11,15,23H,1-2,5-7,9-10H2,(H,20,24,25)/t11-,15?/m0/s1. The molecule has 4 amide bonds. The van der Waals surface area contributed by atoms with Crippen molar-refractivity contribution < 1.29 is 24.3 Å². The second-order valence-corrected chi connectivity index (χ2v) is 7.31. The van der Waals surface area contributed by atoms with Crippen LogP contribution < -0.4 is 10.2 Å². The van der Waals surface area contributed by atoms with Gasteiger partial charge in [0.1, 0.15) is 6.04 Å². The Morgan fingerprint density at radius 2 is 1.85 bits per heavy atom. The zero-order chi connectivity index (χ0) is 19.1. The van der Waals surface area contributed by atoms with Gasteiger partial charge in [0.2, 0.25) is 11.8 Å². The number of fused-ring (bicyclic) bond motifs is 1. The predicted octanol–water partition coefficient (Wildman–Crippen LogP) is 0.296. The smallest absolute Gasteiger partial charge is 0.262 e. The highest BCUT2D eigenvalue weighted by atomic mass is 16.3. The van der Waals surface area contributed by atoms with E-state index in [-0.39, 0.29) is 36.5 Å². The molecule has 8 nitrogen and oxygen atoms in total. The van der Waals surface area contributed by atoms with Gasteiger partial charge in [0.25, 0.3) is 11.8 Å². The fraction of sp³-hybridized carbons (Fsp3) is 0.474. The molecular formula is C19H21N3O5. The van der Waals surface area contributed by atoms with Crippen LogP contribution in [0.3, 0.4) is 0 Å². The Morgan fingerprint density at radius 1 is 1.07 bits per heavy atom. The van der Waals surface area contributed by atoms with Crippen molar-refractivity contribution in [1.82, 2.24) is 10.2 Å². The minimum absolute atomic E-state index is 0.103. The molecular weight excluding hydrogens is 350 g/mol. The van der Waals surface area contributed by atoms with Crippen molar-refractivity contribution in [1.29, 1.82) is 0 Å². The van der Waals surface area contributed by atoms with E-state index in [1.165, 1.54) is 0 Å². The molecule has 1 unspecified atom stereocenters. The monoisotopic (exact) mass is 371 g/mol. The number of piperidine rings is 2. The minimum Gasteiger partial charge on any atom is -0.396 e. The SMILES string of the molecule is O=C1CCC(N2C(=O)c3ccc(N4CCC[C@H](CO)C4)cc3C2=O)C(=O)N1. The molecule has 0 bridgehead atoms. The van der Waals surface area contributed by atoms with E-state index in [0.717, 1.165) is 30.0 Å². The maximum Gasteiger partial charge on any atom is 0.262 e. The lowest BCUT2D eigenvalue weighted by Gasteiger charge is -2.33. The lowest BCUT2D eigenvalue weighted by atomic mass is 9.98. The van der Waals surface area contributed by atoms with Crippen LogP contribution in [0.2, 0.25) is 0 Å². The van der Waals surface area contributed by atoms with Gasteiger partial charge in [-0.15, -0.1) is 0 Å². The molecule has 2 saturated heterocycles. The van der Waals surface area contributed by atoms with E-state index in [4.69, 9.17) is 0 Å². The minimum atomic E-state index is -0.952. The second-order valence-electron chi connectivity index (χ2n) is 7.31. The molecule has 2 fully saturated rings. The van der Waals surface area contributed by atoms with Gasteiger partial charge in [0.15, 0.2) is 0 Å². The van der Waals surface area contributed by atoms with Gasteiger partial charge in [-0.1, -0.05) is 0 Å².